The Bertz CT molecular complexity index is 942. The molecule has 1 aliphatic heterocycles. The minimum absolute atomic E-state index is 0.00465. The highest BCUT2D eigenvalue weighted by Gasteiger charge is 2.32. The molecule has 0 spiro atoms. The van der Waals surface area contributed by atoms with Crippen LogP contribution in [0.15, 0.2) is 52.4 Å². The van der Waals surface area contributed by atoms with Gasteiger partial charge >= 0.3 is 0 Å². The van der Waals surface area contributed by atoms with Crippen molar-refractivity contribution < 1.29 is 18.3 Å². The molecule has 0 unspecified atom stereocenters. The lowest BCUT2D eigenvalue weighted by Gasteiger charge is -2.12. The van der Waals surface area contributed by atoms with Crippen molar-refractivity contribution in [1.82, 2.24) is 4.90 Å². The van der Waals surface area contributed by atoms with Crippen LogP contribution in [0.1, 0.15) is 32.3 Å². The van der Waals surface area contributed by atoms with E-state index in [2.05, 4.69) is 11.9 Å². The maximum Gasteiger partial charge on any atom is 0.266 e. The van der Waals surface area contributed by atoms with Gasteiger partial charge in [-0.25, -0.2) is 13.8 Å². The number of thioether (sulfide) groups is 1. The predicted octanol–water partition coefficient (Wildman–Crippen LogP) is 5.77. The van der Waals surface area contributed by atoms with E-state index in [-0.39, 0.29) is 11.6 Å². The van der Waals surface area contributed by atoms with Gasteiger partial charge in [-0.05, 0) is 61.0 Å². The van der Waals surface area contributed by atoms with Crippen LogP contribution in [-0.4, -0.2) is 29.1 Å². The molecule has 2 aromatic carbocycles. The van der Waals surface area contributed by atoms with Crippen molar-refractivity contribution in [3.8, 4) is 5.75 Å². The molecule has 7 heteroatoms. The second-order valence-electron chi connectivity index (χ2n) is 6.42. The highest BCUT2D eigenvalue weighted by molar-refractivity contribution is 8.18. The number of hydrogen-bond donors (Lipinski definition) is 0. The first-order valence-electron chi connectivity index (χ1n) is 9.49. The SMILES string of the molecule is CCCCOc1ccc(/C=C2\SC(=Nc3ccc(F)cc3F)N(CC)C2=O)cc1. The molecule has 3 rings (SSSR count). The molecule has 29 heavy (non-hydrogen) atoms. The minimum Gasteiger partial charge on any atom is -0.494 e. The summed E-state index contributed by atoms with van der Waals surface area (Å²) in [5, 5.41) is 0.369. The molecule has 1 aliphatic rings. The lowest BCUT2D eigenvalue weighted by atomic mass is 10.2. The number of carbonyl (C=O) groups excluding carboxylic acids is 1. The lowest BCUT2D eigenvalue weighted by molar-refractivity contribution is -0.122. The molecule has 0 aliphatic carbocycles. The molecule has 0 radical (unpaired) electrons. The molecule has 1 saturated heterocycles. The minimum atomic E-state index is -0.766. The van der Waals surface area contributed by atoms with E-state index in [1.807, 2.05) is 31.2 Å². The Morgan fingerprint density at radius 1 is 1.14 bits per heavy atom. The number of benzene rings is 2. The molecule has 0 aromatic heterocycles. The molecule has 0 atom stereocenters. The molecule has 0 N–H and O–H groups in total. The number of ether oxygens (including phenoxy) is 1. The zero-order valence-corrected chi connectivity index (χ0v) is 17.1. The number of rotatable bonds is 7. The first kappa shape index (κ1) is 21.0. The summed E-state index contributed by atoms with van der Waals surface area (Å²) in [4.78, 5) is 18.9. The second-order valence-corrected chi connectivity index (χ2v) is 7.43. The summed E-state index contributed by atoms with van der Waals surface area (Å²) in [5.41, 5.74) is 0.851. The van der Waals surface area contributed by atoms with Gasteiger partial charge in [0.15, 0.2) is 11.0 Å². The molecule has 152 valence electrons. The molecule has 1 amide bonds. The molecule has 0 saturated carbocycles. The van der Waals surface area contributed by atoms with Gasteiger partial charge in [0.1, 0.15) is 17.3 Å². The first-order chi connectivity index (χ1) is 14.0. The smallest absolute Gasteiger partial charge is 0.266 e. The van der Waals surface area contributed by atoms with Crippen LogP contribution in [0.25, 0.3) is 6.08 Å². The van der Waals surface area contributed by atoms with Gasteiger partial charge in [0.2, 0.25) is 0 Å². The number of nitrogens with zero attached hydrogens (tertiary/aromatic N) is 2. The Kier molecular flexibility index (Phi) is 7.04. The summed E-state index contributed by atoms with van der Waals surface area (Å²) in [6.07, 6.45) is 3.85. The van der Waals surface area contributed by atoms with E-state index in [1.165, 1.54) is 22.7 Å². The largest absolute Gasteiger partial charge is 0.494 e. The monoisotopic (exact) mass is 416 g/mol. The third-order valence-electron chi connectivity index (χ3n) is 4.27. The van der Waals surface area contributed by atoms with Crippen molar-refractivity contribution in [1.29, 1.82) is 0 Å². The van der Waals surface area contributed by atoms with Crippen LogP contribution >= 0.6 is 11.8 Å². The van der Waals surface area contributed by atoms with E-state index >= 15 is 0 Å². The van der Waals surface area contributed by atoms with E-state index < -0.39 is 11.6 Å². The molecular formula is C22H22F2N2O2S. The zero-order valence-electron chi connectivity index (χ0n) is 16.3. The van der Waals surface area contributed by atoms with Crippen LogP contribution in [0.5, 0.6) is 5.75 Å². The van der Waals surface area contributed by atoms with Crippen molar-refractivity contribution >= 4 is 34.6 Å². The normalized spacial score (nSPS) is 16.8. The summed E-state index contributed by atoms with van der Waals surface area (Å²) in [5.74, 6) is -0.841. The summed E-state index contributed by atoms with van der Waals surface area (Å²) < 4.78 is 32.7. The Balaban J connectivity index is 1.80. The number of amides is 1. The van der Waals surface area contributed by atoms with Gasteiger partial charge in [-0.1, -0.05) is 25.5 Å². The van der Waals surface area contributed by atoms with E-state index in [9.17, 15) is 13.6 Å². The van der Waals surface area contributed by atoms with Gasteiger partial charge in [0.25, 0.3) is 5.91 Å². The second kappa shape index (κ2) is 9.69. The maximum absolute atomic E-state index is 13.9. The zero-order chi connectivity index (χ0) is 20.8. The topological polar surface area (TPSA) is 41.9 Å². The lowest BCUT2D eigenvalue weighted by Crippen LogP contribution is -2.28. The van der Waals surface area contributed by atoms with Crippen LogP contribution in [0.3, 0.4) is 0 Å². The van der Waals surface area contributed by atoms with Crippen LogP contribution in [0.2, 0.25) is 0 Å². The molecule has 2 aromatic rings. The maximum atomic E-state index is 13.9. The van der Waals surface area contributed by atoms with Gasteiger partial charge < -0.3 is 4.74 Å². The van der Waals surface area contributed by atoms with Crippen molar-refractivity contribution in [2.45, 2.75) is 26.7 Å². The Hall–Kier alpha value is -2.67. The standard InChI is InChI=1S/C22H22F2N2O2S/c1-3-5-12-28-17-9-6-15(7-10-17)13-20-21(27)26(4-2)22(29-20)25-19-11-8-16(23)14-18(19)24/h6-11,13-14H,3-5,12H2,1-2H3/b20-13-,25-22?. The number of aliphatic imine (C=N–C) groups is 1. The van der Waals surface area contributed by atoms with E-state index in [1.54, 1.807) is 6.08 Å². The van der Waals surface area contributed by atoms with E-state index in [0.717, 1.165) is 36.3 Å². The van der Waals surface area contributed by atoms with Gasteiger partial charge in [0, 0.05) is 12.6 Å². The number of hydrogen-bond acceptors (Lipinski definition) is 4. The summed E-state index contributed by atoms with van der Waals surface area (Å²) in [6, 6.07) is 10.7. The average Bonchev–Trinajstić information content (AvgIpc) is 3.00. The number of amidine groups is 1. The van der Waals surface area contributed by atoms with Gasteiger partial charge in [-0.3, -0.25) is 9.69 Å². The summed E-state index contributed by atoms with van der Waals surface area (Å²) in [7, 11) is 0. The quantitative estimate of drug-likeness (QED) is 0.425. The predicted molar refractivity (Wildman–Crippen MR) is 113 cm³/mol. The number of likely N-dealkylation sites (N-methyl/N-ethyl adjacent to an activating group) is 1. The third-order valence-corrected chi connectivity index (χ3v) is 5.28. The highest BCUT2D eigenvalue weighted by atomic mass is 32.2. The first-order valence-corrected chi connectivity index (χ1v) is 10.3. The van der Waals surface area contributed by atoms with Crippen molar-refractivity contribution in [3.63, 3.8) is 0 Å². The Morgan fingerprint density at radius 3 is 2.55 bits per heavy atom. The number of unbranched alkanes of at least 4 members (excludes halogenated alkanes) is 1. The van der Waals surface area contributed by atoms with Crippen LogP contribution in [-0.2, 0) is 4.79 Å². The fourth-order valence-corrected chi connectivity index (χ4v) is 3.75. The van der Waals surface area contributed by atoms with Crippen LogP contribution in [0.4, 0.5) is 14.5 Å². The van der Waals surface area contributed by atoms with Gasteiger partial charge in [0.05, 0.1) is 11.5 Å². The summed E-state index contributed by atoms with van der Waals surface area (Å²) in [6.45, 7) is 5.00. The fourth-order valence-electron chi connectivity index (χ4n) is 2.69. The van der Waals surface area contributed by atoms with Crippen molar-refractivity contribution in [3.05, 3.63) is 64.6 Å². The molecule has 0 bridgehead atoms. The van der Waals surface area contributed by atoms with Gasteiger partial charge in [-0.2, -0.15) is 0 Å². The van der Waals surface area contributed by atoms with Crippen molar-refractivity contribution in [2.24, 2.45) is 4.99 Å². The van der Waals surface area contributed by atoms with E-state index in [4.69, 9.17) is 4.74 Å². The molecule has 1 fully saturated rings. The fraction of sp³-hybridized carbons (Fsp3) is 0.273. The number of halogens is 2. The highest BCUT2D eigenvalue weighted by Crippen LogP contribution is 2.34. The Labute approximate surface area is 173 Å². The molecular weight excluding hydrogens is 394 g/mol. The number of carbonyl (C=O) groups is 1. The van der Waals surface area contributed by atoms with Crippen molar-refractivity contribution in [2.75, 3.05) is 13.2 Å². The molecule has 4 nitrogen and oxygen atoms in total. The van der Waals surface area contributed by atoms with Gasteiger partial charge in [-0.15, -0.1) is 0 Å². The Morgan fingerprint density at radius 2 is 1.90 bits per heavy atom. The molecule has 1 heterocycles. The third kappa shape index (κ3) is 5.23. The van der Waals surface area contributed by atoms with Crippen LogP contribution < -0.4 is 4.74 Å². The van der Waals surface area contributed by atoms with Crippen LogP contribution in [0, 0.1) is 11.6 Å². The average molecular weight is 416 g/mol. The van der Waals surface area contributed by atoms with E-state index in [0.29, 0.717) is 23.2 Å². The summed E-state index contributed by atoms with van der Waals surface area (Å²) >= 11 is 1.17.